The molecule has 2 aliphatic rings. The van der Waals surface area contributed by atoms with Crippen LogP contribution in [0, 0.1) is 0 Å². The Bertz CT molecular complexity index is 994. The fourth-order valence-corrected chi connectivity index (χ4v) is 5.30. The van der Waals surface area contributed by atoms with Crippen molar-refractivity contribution in [2.24, 2.45) is 0 Å². The fourth-order valence-electron chi connectivity index (χ4n) is 5.30. The lowest BCUT2D eigenvalue weighted by atomic mass is 9.87. The second-order valence-corrected chi connectivity index (χ2v) is 11.2. The van der Waals surface area contributed by atoms with Crippen molar-refractivity contribution < 1.29 is 9.59 Å². The molecular weight excluding hydrogens is 436 g/mol. The molecule has 0 unspecified atom stereocenters. The summed E-state index contributed by atoms with van der Waals surface area (Å²) in [6, 6.07) is 11.2. The van der Waals surface area contributed by atoms with Crippen molar-refractivity contribution in [2.45, 2.75) is 102 Å². The van der Waals surface area contributed by atoms with Gasteiger partial charge in [-0.25, -0.2) is 0 Å². The highest BCUT2D eigenvalue weighted by Crippen LogP contribution is 2.32. The predicted molar refractivity (Wildman–Crippen MR) is 140 cm³/mol. The Labute approximate surface area is 209 Å². The molecule has 4 rings (SSSR count). The van der Waals surface area contributed by atoms with E-state index in [1.54, 1.807) is 17.3 Å². The van der Waals surface area contributed by atoms with Gasteiger partial charge in [0, 0.05) is 35.7 Å². The van der Waals surface area contributed by atoms with Crippen molar-refractivity contribution in [3.63, 3.8) is 0 Å². The topological polar surface area (TPSA) is 74.3 Å². The van der Waals surface area contributed by atoms with E-state index in [1.165, 1.54) is 12.0 Å². The molecule has 0 radical (unpaired) electrons. The zero-order chi connectivity index (χ0) is 25.0. The summed E-state index contributed by atoms with van der Waals surface area (Å²) in [7, 11) is 0. The molecule has 1 aliphatic heterocycles. The molecule has 2 amide bonds. The second kappa shape index (κ2) is 10.9. The van der Waals surface area contributed by atoms with E-state index in [0.29, 0.717) is 0 Å². The van der Waals surface area contributed by atoms with Crippen LogP contribution >= 0.6 is 0 Å². The highest BCUT2D eigenvalue weighted by molar-refractivity contribution is 6.04. The molecule has 6 heteroatoms. The first-order valence-electron chi connectivity index (χ1n) is 13.1. The first kappa shape index (κ1) is 25.4. The summed E-state index contributed by atoms with van der Waals surface area (Å²) in [5.41, 5.74) is 2.64. The Morgan fingerprint density at radius 3 is 2.31 bits per heavy atom. The van der Waals surface area contributed by atoms with Gasteiger partial charge in [-0.3, -0.25) is 19.5 Å². The van der Waals surface area contributed by atoms with Gasteiger partial charge in [0.05, 0.1) is 6.04 Å². The van der Waals surface area contributed by atoms with Gasteiger partial charge in [0.15, 0.2) is 0 Å². The third-order valence-electron chi connectivity index (χ3n) is 7.38. The lowest BCUT2D eigenvalue weighted by Gasteiger charge is -2.35. The molecule has 0 bridgehead atoms. The molecule has 3 atom stereocenters. The van der Waals surface area contributed by atoms with E-state index >= 15 is 0 Å². The van der Waals surface area contributed by atoms with Crippen LogP contribution in [0.25, 0.3) is 0 Å². The van der Waals surface area contributed by atoms with Crippen LogP contribution in [0.1, 0.15) is 89.8 Å². The van der Waals surface area contributed by atoms with E-state index in [4.69, 9.17) is 0 Å². The van der Waals surface area contributed by atoms with Gasteiger partial charge in [-0.1, -0.05) is 58.2 Å². The van der Waals surface area contributed by atoms with Crippen LogP contribution in [0.15, 0.2) is 48.8 Å². The van der Waals surface area contributed by atoms with E-state index in [1.807, 2.05) is 24.3 Å². The molecule has 2 N–H and O–H groups in total. The molecule has 2 fully saturated rings. The van der Waals surface area contributed by atoms with E-state index in [9.17, 15) is 9.59 Å². The van der Waals surface area contributed by atoms with Crippen molar-refractivity contribution in [3.8, 4) is 0 Å². The zero-order valence-electron chi connectivity index (χ0n) is 21.6. The molecule has 1 aromatic carbocycles. The third kappa shape index (κ3) is 6.10. The van der Waals surface area contributed by atoms with Gasteiger partial charge in [0.2, 0.25) is 11.8 Å². The molecule has 2 aromatic rings. The van der Waals surface area contributed by atoms with Gasteiger partial charge in [-0.05, 0) is 61.8 Å². The van der Waals surface area contributed by atoms with Crippen LogP contribution in [0.3, 0.4) is 0 Å². The maximum absolute atomic E-state index is 14.0. The molecule has 35 heavy (non-hydrogen) atoms. The number of hydrogen-bond acceptors (Lipinski definition) is 4. The number of nitrogens with zero attached hydrogens (tertiary/aromatic N) is 2. The molecule has 1 aliphatic carbocycles. The summed E-state index contributed by atoms with van der Waals surface area (Å²) in [6.07, 6.45) is 10.6. The minimum absolute atomic E-state index is 0.00306. The minimum Gasteiger partial charge on any atom is -0.351 e. The molecule has 1 saturated carbocycles. The smallest absolute Gasteiger partial charge is 0.248 e. The predicted octanol–water partition coefficient (Wildman–Crippen LogP) is 5.04. The molecule has 1 saturated heterocycles. The van der Waals surface area contributed by atoms with Crippen LogP contribution in [-0.4, -0.2) is 34.9 Å². The normalized spacial score (nSPS) is 21.9. The average molecular weight is 477 g/mol. The third-order valence-corrected chi connectivity index (χ3v) is 7.38. The Balaban J connectivity index is 1.74. The van der Waals surface area contributed by atoms with Gasteiger partial charge in [-0.2, -0.15) is 0 Å². The number of anilines is 1. The number of hydrogen-bond donors (Lipinski definition) is 2. The highest BCUT2D eigenvalue weighted by atomic mass is 16.2. The summed E-state index contributed by atoms with van der Waals surface area (Å²) in [4.78, 5) is 33.9. The van der Waals surface area contributed by atoms with Crippen LogP contribution in [-0.2, 0) is 15.0 Å². The Hall–Kier alpha value is -2.73. The molecular formula is C29H40N4O2. The number of benzene rings is 1. The Morgan fingerprint density at radius 2 is 1.74 bits per heavy atom. The van der Waals surface area contributed by atoms with Crippen LogP contribution in [0.2, 0.25) is 0 Å². The number of nitrogens with one attached hydrogen (secondary N) is 2. The van der Waals surface area contributed by atoms with Crippen molar-refractivity contribution in [2.75, 3.05) is 4.90 Å². The van der Waals surface area contributed by atoms with Gasteiger partial charge in [0.25, 0.3) is 0 Å². The standard InChI is InChI=1S/C29H40N4O2/c1-20-12-17-25(31-20)28(35)33(24-15-13-22(14-16-24)29(2,3)4)26(21-9-8-18-30-19-21)27(34)32-23-10-6-5-7-11-23/h8-9,13-16,18-20,23,25-26,31H,5-7,10-12,17H2,1-4H3,(H,32,34)/t20-,25+,26-/m0/s1. The summed E-state index contributed by atoms with van der Waals surface area (Å²) < 4.78 is 0. The SMILES string of the molecule is C[C@H]1CC[C@H](C(=O)N(c2ccc(C(C)(C)C)cc2)[C@H](C(=O)NC2CCCCC2)c2cccnc2)N1. The van der Waals surface area contributed by atoms with Crippen molar-refractivity contribution in [1.29, 1.82) is 0 Å². The summed E-state index contributed by atoms with van der Waals surface area (Å²) in [5.74, 6) is -0.199. The van der Waals surface area contributed by atoms with Crippen LogP contribution in [0.5, 0.6) is 0 Å². The molecule has 6 nitrogen and oxygen atoms in total. The molecule has 188 valence electrons. The van der Waals surface area contributed by atoms with Crippen molar-refractivity contribution >= 4 is 17.5 Å². The monoisotopic (exact) mass is 476 g/mol. The number of carbonyl (C=O) groups excluding carboxylic acids is 2. The highest BCUT2D eigenvalue weighted by Gasteiger charge is 2.39. The fraction of sp³-hybridized carbons (Fsp3) is 0.552. The number of aromatic nitrogens is 1. The van der Waals surface area contributed by atoms with Crippen LogP contribution < -0.4 is 15.5 Å². The van der Waals surface area contributed by atoms with Gasteiger partial charge in [0.1, 0.15) is 6.04 Å². The van der Waals surface area contributed by atoms with E-state index in [2.05, 4.69) is 55.4 Å². The van der Waals surface area contributed by atoms with Gasteiger partial charge < -0.3 is 10.6 Å². The molecule has 0 spiro atoms. The number of amides is 2. The zero-order valence-corrected chi connectivity index (χ0v) is 21.6. The summed E-state index contributed by atoms with van der Waals surface area (Å²) in [5, 5.41) is 6.70. The average Bonchev–Trinajstić information content (AvgIpc) is 3.29. The maximum Gasteiger partial charge on any atom is 0.248 e. The quantitative estimate of drug-likeness (QED) is 0.612. The molecule has 1 aromatic heterocycles. The summed E-state index contributed by atoms with van der Waals surface area (Å²) in [6.45, 7) is 8.62. The lowest BCUT2D eigenvalue weighted by Crippen LogP contribution is -2.52. The first-order chi connectivity index (χ1) is 16.7. The first-order valence-corrected chi connectivity index (χ1v) is 13.1. The number of pyridine rings is 1. The van der Waals surface area contributed by atoms with Crippen LogP contribution in [0.4, 0.5) is 5.69 Å². The van der Waals surface area contributed by atoms with E-state index < -0.39 is 6.04 Å². The van der Waals surface area contributed by atoms with E-state index in [-0.39, 0.29) is 35.4 Å². The largest absolute Gasteiger partial charge is 0.351 e. The van der Waals surface area contributed by atoms with E-state index in [0.717, 1.165) is 49.8 Å². The number of carbonyl (C=O) groups is 2. The lowest BCUT2D eigenvalue weighted by molar-refractivity contribution is -0.128. The summed E-state index contributed by atoms with van der Waals surface area (Å²) >= 11 is 0. The van der Waals surface area contributed by atoms with Gasteiger partial charge >= 0.3 is 0 Å². The maximum atomic E-state index is 14.0. The van der Waals surface area contributed by atoms with Gasteiger partial charge in [-0.15, -0.1) is 0 Å². The number of rotatable bonds is 6. The molecule has 2 heterocycles. The van der Waals surface area contributed by atoms with Crippen molar-refractivity contribution in [1.82, 2.24) is 15.6 Å². The van der Waals surface area contributed by atoms with Crippen molar-refractivity contribution in [3.05, 3.63) is 59.9 Å². The minimum atomic E-state index is -0.781. The Kier molecular flexibility index (Phi) is 7.90. The Morgan fingerprint density at radius 1 is 1.03 bits per heavy atom. The second-order valence-electron chi connectivity index (χ2n) is 11.2.